The summed E-state index contributed by atoms with van der Waals surface area (Å²) < 4.78 is 23.0. The van der Waals surface area contributed by atoms with Crippen LogP contribution in [0.3, 0.4) is 0 Å². The molecule has 98 valence electrons. The van der Waals surface area contributed by atoms with E-state index in [0.717, 1.165) is 11.3 Å². The summed E-state index contributed by atoms with van der Waals surface area (Å²) in [7, 11) is -3.66. The van der Waals surface area contributed by atoms with Crippen molar-refractivity contribution in [3.05, 3.63) is 36.5 Å². The quantitative estimate of drug-likeness (QED) is 0.929. The molecule has 0 amide bonds. The van der Waals surface area contributed by atoms with Gasteiger partial charge in [-0.2, -0.15) is 10.4 Å². The molecule has 0 fully saturated rings. The van der Waals surface area contributed by atoms with Gasteiger partial charge in [0.1, 0.15) is 0 Å². The Morgan fingerprint density at radius 2 is 1.84 bits per heavy atom. The molecule has 1 aromatic heterocycles. The molecule has 1 heterocycles. The molecule has 5 nitrogen and oxygen atoms in total. The van der Waals surface area contributed by atoms with Crippen molar-refractivity contribution in [2.24, 2.45) is 0 Å². The predicted molar refractivity (Wildman–Crippen MR) is 70.9 cm³/mol. The summed E-state index contributed by atoms with van der Waals surface area (Å²) in [5, 5.41) is 15.6. The Hall–Kier alpha value is -2.13. The first kappa shape index (κ1) is 13.3. The van der Waals surface area contributed by atoms with E-state index in [0.29, 0.717) is 0 Å². The van der Waals surface area contributed by atoms with Gasteiger partial charge in [-0.1, -0.05) is 12.1 Å². The molecular formula is C13H13N3O2S. The van der Waals surface area contributed by atoms with Crippen LogP contribution in [0.5, 0.6) is 0 Å². The Balaban J connectivity index is 2.43. The molecule has 0 spiro atoms. The molecule has 0 aliphatic carbocycles. The largest absolute Gasteiger partial charge is 0.278 e. The number of nitriles is 1. The third-order valence-electron chi connectivity index (χ3n) is 2.92. The van der Waals surface area contributed by atoms with E-state index in [9.17, 15) is 8.42 Å². The molecule has 1 N–H and O–H groups in total. The predicted octanol–water partition coefficient (Wildman–Crippen LogP) is 2.15. The zero-order valence-electron chi connectivity index (χ0n) is 10.6. The maximum atomic E-state index is 12.2. The SMILES string of the molecule is CC(C)(C#N)S(=O)(=O)c1ccc(-c2ccn[nH]2)cc1. The topological polar surface area (TPSA) is 86.6 Å². The minimum atomic E-state index is -3.66. The van der Waals surface area contributed by atoms with Crippen molar-refractivity contribution < 1.29 is 8.42 Å². The average Bonchev–Trinajstić information content (AvgIpc) is 2.92. The minimum Gasteiger partial charge on any atom is -0.278 e. The molecule has 2 aromatic rings. The number of hydrogen-bond donors (Lipinski definition) is 1. The van der Waals surface area contributed by atoms with Crippen molar-refractivity contribution in [2.45, 2.75) is 23.5 Å². The van der Waals surface area contributed by atoms with Gasteiger partial charge in [-0.15, -0.1) is 0 Å². The fourth-order valence-electron chi connectivity index (χ4n) is 1.59. The smallest absolute Gasteiger partial charge is 0.196 e. The van der Waals surface area contributed by atoms with Crippen molar-refractivity contribution in [1.29, 1.82) is 5.26 Å². The molecule has 19 heavy (non-hydrogen) atoms. The van der Waals surface area contributed by atoms with Gasteiger partial charge in [-0.05, 0) is 37.6 Å². The van der Waals surface area contributed by atoms with Crippen LogP contribution >= 0.6 is 0 Å². The Morgan fingerprint density at radius 1 is 1.21 bits per heavy atom. The molecule has 0 saturated carbocycles. The lowest BCUT2D eigenvalue weighted by molar-refractivity contribution is 0.574. The number of rotatable bonds is 3. The number of nitrogens with zero attached hydrogens (tertiary/aromatic N) is 2. The van der Waals surface area contributed by atoms with E-state index in [-0.39, 0.29) is 4.90 Å². The number of nitrogens with one attached hydrogen (secondary N) is 1. The van der Waals surface area contributed by atoms with Crippen molar-refractivity contribution in [3.8, 4) is 17.3 Å². The second kappa shape index (κ2) is 4.52. The van der Waals surface area contributed by atoms with Gasteiger partial charge in [0.15, 0.2) is 14.6 Å². The second-order valence-electron chi connectivity index (χ2n) is 4.62. The van der Waals surface area contributed by atoms with E-state index in [1.165, 1.54) is 26.0 Å². The third kappa shape index (κ3) is 2.25. The second-order valence-corrected chi connectivity index (χ2v) is 7.12. The van der Waals surface area contributed by atoms with E-state index < -0.39 is 14.6 Å². The average molecular weight is 275 g/mol. The highest BCUT2D eigenvalue weighted by Gasteiger charge is 2.35. The van der Waals surface area contributed by atoms with Crippen LogP contribution in [0.1, 0.15) is 13.8 Å². The van der Waals surface area contributed by atoms with E-state index in [2.05, 4.69) is 10.2 Å². The molecule has 2 rings (SSSR count). The van der Waals surface area contributed by atoms with Crippen LogP contribution < -0.4 is 0 Å². The van der Waals surface area contributed by atoms with Crippen LogP contribution in [0.15, 0.2) is 41.4 Å². The molecule has 0 radical (unpaired) electrons. The zero-order chi connectivity index (χ0) is 14.1. The van der Waals surface area contributed by atoms with Gasteiger partial charge in [0, 0.05) is 6.20 Å². The van der Waals surface area contributed by atoms with Gasteiger partial charge in [0.05, 0.1) is 16.7 Å². The summed E-state index contributed by atoms with van der Waals surface area (Å²) in [5.41, 5.74) is 1.65. The van der Waals surface area contributed by atoms with E-state index >= 15 is 0 Å². The van der Waals surface area contributed by atoms with E-state index in [4.69, 9.17) is 5.26 Å². The minimum absolute atomic E-state index is 0.141. The first-order chi connectivity index (χ1) is 8.88. The van der Waals surface area contributed by atoms with Crippen LogP contribution in [-0.2, 0) is 9.84 Å². The van der Waals surface area contributed by atoms with Gasteiger partial charge in [-0.3, -0.25) is 5.10 Å². The lowest BCUT2D eigenvalue weighted by atomic mass is 10.2. The molecule has 0 bridgehead atoms. The summed E-state index contributed by atoms with van der Waals surface area (Å²) >= 11 is 0. The summed E-state index contributed by atoms with van der Waals surface area (Å²) in [5.74, 6) is 0. The highest BCUT2D eigenvalue weighted by molar-refractivity contribution is 7.93. The van der Waals surface area contributed by atoms with Gasteiger partial charge in [0.25, 0.3) is 0 Å². The van der Waals surface area contributed by atoms with Crippen molar-refractivity contribution in [1.82, 2.24) is 10.2 Å². The molecule has 1 aromatic carbocycles. The maximum absolute atomic E-state index is 12.2. The van der Waals surface area contributed by atoms with Gasteiger partial charge in [-0.25, -0.2) is 8.42 Å². The maximum Gasteiger partial charge on any atom is 0.196 e. The summed E-state index contributed by atoms with van der Waals surface area (Å²) in [6, 6.07) is 10.00. The standard InChI is InChI=1S/C13H13N3O2S/c1-13(2,9-14)19(17,18)11-5-3-10(4-6-11)12-7-8-15-16-12/h3-8H,1-2H3,(H,15,16). The molecule has 0 aliphatic rings. The molecule has 6 heteroatoms. The normalized spacial score (nSPS) is 12.1. The van der Waals surface area contributed by atoms with Crippen molar-refractivity contribution in [2.75, 3.05) is 0 Å². The number of sulfone groups is 1. The van der Waals surface area contributed by atoms with E-state index in [1.54, 1.807) is 24.4 Å². The number of hydrogen-bond acceptors (Lipinski definition) is 4. The Labute approximate surface area is 111 Å². The number of H-pyrrole nitrogens is 1. The van der Waals surface area contributed by atoms with E-state index in [1.807, 2.05) is 6.07 Å². The van der Waals surface area contributed by atoms with Gasteiger partial charge >= 0.3 is 0 Å². The lowest BCUT2D eigenvalue weighted by Crippen LogP contribution is -2.29. The highest BCUT2D eigenvalue weighted by atomic mass is 32.2. The first-order valence-electron chi connectivity index (χ1n) is 5.64. The molecule has 0 atom stereocenters. The number of aromatic nitrogens is 2. The lowest BCUT2D eigenvalue weighted by Gasteiger charge is -2.16. The van der Waals surface area contributed by atoms with Crippen LogP contribution in [-0.4, -0.2) is 23.4 Å². The Morgan fingerprint density at radius 3 is 2.32 bits per heavy atom. The fourth-order valence-corrected chi connectivity index (χ4v) is 2.79. The summed E-state index contributed by atoms with van der Waals surface area (Å²) in [6.45, 7) is 2.79. The molecular weight excluding hydrogens is 262 g/mol. The van der Waals surface area contributed by atoms with Gasteiger partial charge in [0.2, 0.25) is 0 Å². The monoisotopic (exact) mass is 275 g/mol. The third-order valence-corrected chi connectivity index (χ3v) is 5.25. The molecule has 0 saturated heterocycles. The molecule has 0 aliphatic heterocycles. The van der Waals surface area contributed by atoms with Crippen LogP contribution in [0, 0.1) is 11.3 Å². The fraction of sp³-hybridized carbons (Fsp3) is 0.231. The van der Waals surface area contributed by atoms with Crippen molar-refractivity contribution in [3.63, 3.8) is 0 Å². The summed E-state index contributed by atoms with van der Waals surface area (Å²) in [4.78, 5) is 0.141. The van der Waals surface area contributed by atoms with Gasteiger partial charge < -0.3 is 0 Å². The highest BCUT2D eigenvalue weighted by Crippen LogP contribution is 2.26. The Bertz CT molecular complexity index is 708. The molecule has 0 unspecified atom stereocenters. The number of benzene rings is 1. The first-order valence-corrected chi connectivity index (χ1v) is 7.12. The van der Waals surface area contributed by atoms with Crippen LogP contribution in [0.2, 0.25) is 0 Å². The zero-order valence-corrected chi connectivity index (χ0v) is 11.4. The summed E-state index contributed by atoms with van der Waals surface area (Å²) in [6.07, 6.45) is 1.62. The van der Waals surface area contributed by atoms with Crippen LogP contribution in [0.25, 0.3) is 11.3 Å². The van der Waals surface area contributed by atoms with Crippen molar-refractivity contribution >= 4 is 9.84 Å². The Kier molecular flexibility index (Phi) is 3.16. The van der Waals surface area contributed by atoms with Crippen LogP contribution in [0.4, 0.5) is 0 Å². The number of aromatic amines is 1.